The van der Waals surface area contributed by atoms with Gasteiger partial charge < -0.3 is 29.7 Å². The van der Waals surface area contributed by atoms with Gasteiger partial charge in [0, 0.05) is 25.2 Å². The van der Waals surface area contributed by atoms with Gasteiger partial charge in [-0.2, -0.15) is 0 Å². The van der Waals surface area contributed by atoms with Gasteiger partial charge in [0.05, 0.1) is 31.5 Å². The molecule has 1 aromatic carbocycles. The maximum Gasteiger partial charge on any atom is 0.305 e. The van der Waals surface area contributed by atoms with Crippen LogP contribution in [0.25, 0.3) is 0 Å². The molecule has 0 aromatic heterocycles. The normalized spacial score (nSPS) is 20.9. The predicted molar refractivity (Wildman–Crippen MR) is 160 cm³/mol. The number of aryl methyl sites for hydroxylation is 1. The van der Waals surface area contributed by atoms with E-state index in [-0.39, 0.29) is 56.5 Å². The zero-order chi connectivity index (χ0) is 33.0. The second-order valence-corrected chi connectivity index (χ2v) is 11.5. The SMILES string of the molecule is O=C(CCCO[N+](=O)[O-])CC(COC(=O)CCC/C=C\C[C@@H]1[C@@H](CC[C@@H](O)CCc2ccccc2)[C@H](O)C[C@@H]1O)CO[N+](=O)[O-]. The van der Waals surface area contributed by atoms with Crippen molar-refractivity contribution in [3.05, 3.63) is 68.3 Å². The zero-order valence-corrected chi connectivity index (χ0v) is 25.5. The fraction of sp³-hybridized carbons (Fsp3) is 0.677. The number of rotatable bonds is 24. The van der Waals surface area contributed by atoms with E-state index < -0.39 is 47.0 Å². The zero-order valence-electron chi connectivity index (χ0n) is 25.5. The van der Waals surface area contributed by atoms with Crippen molar-refractivity contribution in [2.75, 3.05) is 19.8 Å². The highest BCUT2D eigenvalue weighted by Crippen LogP contribution is 2.38. The second kappa shape index (κ2) is 21.2. The first kappa shape index (κ1) is 37.6. The highest BCUT2D eigenvalue weighted by Gasteiger charge is 2.40. The lowest BCUT2D eigenvalue weighted by Crippen LogP contribution is -2.23. The first-order valence-electron chi connectivity index (χ1n) is 15.5. The number of esters is 1. The molecule has 1 unspecified atom stereocenters. The number of aliphatic hydroxyl groups is 3. The summed E-state index contributed by atoms with van der Waals surface area (Å²) >= 11 is 0. The van der Waals surface area contributed by atoms with Gasteiger partial charge in [0.15, 0.2) is 0 Å². The lowest BCUT2D eigenvalue weighted by Gasteiger charge is -2.23. The Morgan fingerprint density at radius 1 is 0.933 bits per heavy atom. The molecule has 6 atom stereocenters. The van der Waals surface area contributed by atoms with Crippen molar-refractivity contribution in [2.45, 2.75) is 95.4 Å². The van der Waals surface area contributed by atoms with Crippen molar-refractivity contribution in [1.29, 1.82) is 0 Å². The van der Waals surface area contributed by atoms with Crippen molar-refractivity contribution in [3.63, 3.8) is 0 Å². The number of benzene rings is 1. The summed E-state index contributed by atoms with van der Waals surface area (Å²) < 4.78 is 5.20. The van der Waals surface area contributed by atoms with E-state index in [1.165, 1.54) is 5.56 Å². The largest absolute Gasteiger partial charge is 0.465 e. The van der Waals surface area contributed by atoms with Gasteiger partial charge in [0.2, 0.25) is 0 Å². The van der Waals surface area contributed by atoms with Gasteiger partial charge in [-0.05, 0) is 75.2 Å². The standard InChI is InChI=1S/C31H46N2O12/c34-25(15-14-23-9-4-3-5-10-23)16-17-28-27(29(36)20-30(28)37)12-6-1-2-7-13-31(38)43-21-24(22-45-33(41)42)19-26(35)11-8-18-44-32(39)40/h1,3-6,9-10,24-25,27-30,34,36-37H,2,7-8,11-22H2/b6-1-/t24?,25-,27+,28+,29-,30+/m0/s1. The van der Waals surface area contributed by atoms with Gasteiger partial charge in [-0.15, -0.1) is 20.2 Å². The van der Waals surface area contributed by atoms with Crippen LogP contribution in [0.5, 0.6) is 0 Å². The number of nitrogens with zero attached hydrogens (tertiary/aromatic N) is 2. The van der Waals surface area contributed by atoms with E-state index in [1.807, 2.05) is 42.5 Å². The molecule has 1 aliphatic carbocycles. The molecule has 1 aliphatic rings. The van der Waals surface area contributed by atoms with Crippen LogP contribution in [0.15, 0.2) is 42.5 Å². The van der Waals surface area contributed by atoms with Crippen LogP contribution < -0.4 is 0 Å². The Morgan fingerprint density at radius 3 is 2.36 bits per heavy atom. The van der Waals surface area contributed by atoms with Crippen LogP contribution in [0.4, 0.5) is 0 Å². The predicted octanol–water partition coefficient (Wildman–Crippen LogP) is 3.55. The first-order chi connectivity index (χ1) is 21.5. The lowest BCUT2D eigenvalue weighted by atomic mass is 9.85. The minimum Gasteiger partial charge on any atom is -0.465 e. The van der Waals surface area contributed by atoms with Gasteiger partial charge >= 0.3 is 5.97 Å². The highest BCUT2D eigenvalue weighted by molar-refractivity contribution is 5.78. The van der Waals surface area contributed by atoms with Crippen LogP contribution in [0.3, 0.4) is 0 Å². The minimum atomic E-state index is -0.999. The van der Waals surface area contributed by atoms with E-state index in [2.05, 4.69) is 9.68 Å². The molecule has 252 valence electrons. The minimum absolute atomic E-state index is 0.0304. The smallest absolute Gasteiger partial charge is 0.305 e. The molecule has 1 fully saturated rings. The van der Waals surface area contributed by atoms with Gasteiger partial charge in [-0.3, -0.25) is 9.59 Å². The summed E-state index contributed by atoms with van der Waals surface area (Å²) in [6, 6.07) is 9.95. The van der Waals surface area contributed by atoms with Crippen LogP contribution in [0.2, 0.25) is 0 Å². The van der Waals surface area contributed by atoms with Crippen molar-refractivity contribution >= 4 is 11.8 Å². The van der Waals surface area contributed by atoms with Crippen LogP contribution in [-0.4, -0.2) is 75.4 Å². The second-order valence-electron chi connectivity index (χ2n) is 11.5. The number of carbonyl (C=O) groups is 2. The maximum atomic E-state index is 12.2. The summed E-state index contributed by atoms with van der Waals surface area (Å²) in [4.78, 5) is 53.5. The average molecular weight is 639 g/mol. The molecule has 0 spiro atoms. The van der Waals surface area contributed by atoms with Crippen LogP contribution >= 0.6 is 0 Å². The molecule has 3 N–H and O–H groups in total. The third-order valence-corrected chi connectivity index (χ3v) is 8.00. The molecule has 0 bridgehead atoms. The topological polar surface area (TPSA) is 209 Å². The van der Waals surface area contributed by atoms with Gasteiger partial charge in [-0.1, -0.05) is 42.5 Å². The summed E-state index contributed by atoms with van der Waals surface area (Å²) in [5, 5.41) is 50.3. The molecule has 0 aliphatic heterocycles. The quantitative estimate of drug-likeness (QED) is 0.0488. The molecule has 14 nitrogen and oxygen atoms in total. The number of aliphatic hydroxyl groups excluding tert-OH is 3. The van der Waals surface area contributed by atoms with Crippen LogP contribution in [-0.2, 0) is 30.4 Å². The Hall–Kier alpha value is -3.62. The first-order valence-corrected chi connectivity index (χ1v) is 15.5. The van der Waals surface area contributed by atoms with E-state index in [1.54, 1.807) is 0 Å². The fourth-order valence-corrected chi connectivity index (χ4v) is 5.60. The molecule has 1 saturated carbocycles. The Labute approximate surface area is 262 Å². The van der Waals surface area contributed by atoms with Gasteiger partial charge in [0.1, 0.15) is 12.4 Å². The molecule has 0 radical (unpaired) electrons. The number of ketones is 1. The molecule has 0 heterocycles. The van der Waals surface area contributed by atoms with E-state index >= 15 is 0 Å². The van der Waals surface area contributed by atoms with Crippen molar-refractivity contribution in [3.8, 4) is 0 Å². The number of allylic oxidation sites excluding steroid dienone is 2. The molecule has 1 aromatic rings. The van der Waals surface area contributed by atoms with Crippen LogP contribution in [0.1, 0.15) is 76.2 Å². The summed E-state index contributed by atoms with van der Waals surface area (Å²) in [5.74, 6) is -1.82. The molecule has 2 rings (SSSR count). The van der Waals surface area contributed by atoms with E-state index in [4.69, 9.17) is 4.74 Å². The van der Waals surface area contributed by atoms with E-state index in [0.717, 1.165) is 6.42 Å². The summed E-state index contributed by atoms with van der Waals surface area (Å²) in [6.45, 7) is -0.929. The number of ether oxygens (including phenoxy) is 1. The van der Waals surface area contributed by atoms with Crippen molar-refractivity contribution < 1.29 is 49.5 Å². The molecule has 0 amide bonds. The molecule has 0 saturated heterocycles. The van der Waals surface area contributed by atoms with Gasteiger partial charge in [0.25, 0.3) is 10.2 Å². The number of hydrogen-bond acceptors (Lipinski definition) is 12. The van der Waals surface area contributed by atoms with E-state index in [9.17, 15) is 45.1 Å². The molecular formula is C31H46N2O12. The highest BCUT2D eigenvalue weighted by atomic mass is 17.0. The maximum absolute atomic E-state index is 12.2. The third-order valence-electron chi connectivity index (χ3n) is 8.00. The third kappa shape index (κ3) is 16.3. The number of carbonyl (C=O) groups excluding carboxylic acids is 2. The van der Waals surface area contributed by atoms with Crippen molar-refractivity contribution in [1.82, 2.24) is 0 Å². The van der Waals surface area contributed by atoms with Gasteiger partial charge in [-0.25, -0.2) is 0 Å². The Balaban J connectivity index is 1.68. The molecule has 45 heavy (non-hydrogen) atoms. The summed E-state index contributed by atoms with van der Waals surface area (Å²) in [5.41, 5.74) is 1.17. The average Bonchev–Trinajstić information content (AvgIpc) is 3.27. The Bertz CT molecular complexity index is 1070. The Morgan fingerprint density at radius 2 is 1.64 bits per heavy atom. The summed E-state index contributed by atoms with van der Waals surface area (Å²) in [7, 11) is 0. The number of hydrogen-bond donors (Lipinski definition) is 3. The molecular weight excluding hydrogens is 592 g/mol. The van der Waals surface area contributed by atoms with E-state index in [0.29, 0.717) is 44.9 Å². The summed E-state index contributed by atoms with van der Waals surface area (Å²) in [6.07, 6.45) is 6.64. The lowest BCUT2D eigenvalue weighted by molar-refractivity contribution is -0.759. The monoisotopic (exact) mass is 638 g/mol. The number of unbranched alkanes of at least 4 members (excludes halogenated alkanes) is 1. The van der Waals surface area contributed by atoms with Crippen LogP contribution in [0, 0.1) is 38.0 Å². The number of Topliss-reactive ketones (excluding diaryl/α,β-unsaturated/α-hetero) is 1. The fourth-order valence-electron chi connectivity index (χ4n) is 5.60. The molecule has 14 heteroatoms. The Kier molecular flexibility index (Phi) is 17.7. The van der Waals surface area contributed by atoms with Crippen molar-refractivity contribution in [2.24, 2.45) is 17.8 Å².